The molecule has 6 nitrogen and oxygen atoms in total. The van der Waals surface area contributed by atoms with E-state index in [1.165, 1.54) is 4.57 Å². The quantitative estimate of drug-likeness (QED) is 0.807. The highest BCUT2D eigenvalue weighted by Gasteiger charge is 2.36. The Kier molecular flexibility index (Phi) is 5.55. The zero-order valence-electron chi connectivity index (χ0n) is 17.2. The Morgan fingerprint density at radius 1 is 1.23 bits per heavy atom. The van der Waals surface area contributed by atoms with Crippen molar-refractivity contribution in [3.05, 3.63) is 62.5 Å². The maximum Gasteiger partial charge on any atom is 0.268 e. The van der Waals surface area contributed by atoms with Gasteiger partial charge in [-0.25, -0.2) is 0 Å². The summed E-state index contributed by atoms with van der Waals surface area (Å²) in [6, 6.07) is 6.73. The Morgan fingerprint density at radius 2 is 1.97 bits per heavy atom. The van der Waals surface area contributed by atoms with Gasteiger partial charge in [-0.1, -0.05) is 25.4 Å². The van der Waals surface area contributed by atoms with Gasteiger partial charge in [-0.3, -0.25) is 19.0 Å². The third-order valence-electron chi connectivity index (χ3n) is 5.76. The molecule has 2 aromatic rings. The third kappa shape index (κ3) is 4.07. The summed E-state index contributed by atoms with van der Waals surface area (Å²) >= 11 is 5.98. The molecule has 1 aliphatic carbocycles. The minimum Gasteiger partial charge on any atom is -0.376 e. The van der Waals surface area contributed by atoms with Gasteiger partial charge in [0.05, 0.1) is 6.10 Å². The lowest BCUT2D eigenvalue weighted by molar-refractivity contribution is 0.0853. The average molecular weight is 429 g/mol. The molecule has 1 fully saturated rings. The molecule has 1 amide bonds. The lowest BCUT2D eigenvalue weighted by atomic mass is 9.73. The van der Waals surface area contributed by atoms with Crippen molar-refractivity contribution >= 4 is 23.3 Å². The summed E-state index contributed by atoms with van der Waals surface area (Å²) < 4.78 is 6.94. The normalized spacial score (nSPS) is 20.1. The molecule has 0 saturated carbocycles. The number of hydrogen-bond donors (Lipinski definition) is 1. The standard InChI is InChI=1S/C23H25ClN2O4/c1-23(2)10-17-18(19(27)11-23)13-26(15-7-5-14(24)6-8-15)22(29)20(17)21(28)25-12-16-4-3-9-30-16/h5-8,13,16H,3-4,9-12H2,1-2H3,(H,25,28)/t16-/m0/s1. The van der Waals surface area contributed by atoms with E-state index in [9.17, 15) is 14.4 Å². The number of nitrogens with zero attached hydrogens (tertiary/aromatic N) is 1. The van der Waals surface area contributed by atoms with Crippen LogP contribution >= 0.6 is 11.6 Å². The fraction of sp³-hybridized carbons (Fsp3) is 0.435. The fourth-order valence-electron chi connectivity index (χ4n) is 4.27. The van der Waals surface area contributed by atoms with Crippen LogP contribution in [0.15, 0.2) is 35.3 Å². The van der Waals surface area contributed by atoms with E-state index in [-0.39, 0.29) is 22.9 Å². The molecule has 0 spiro atoms. The van der Waals surface area contributed by atoms with Crippen molar-refractivity contribution < 1.29 is 14.3 Å². The molecule has 30 heavy (non-hydrogen) atoms. The number of aromatic nitrogens is 1. The molecule has 1 aromatic heterocycles. The van der Waals surface area contributed by atoms with Gasteiger partial charge in [0.1, 0.15) is 5.56 Å². The number of ether oxygens (including phenoxy) is 1. The van der Waals surface area contributed by atoms with Gasteiger partial charge in [0, 0.05) is 42.0 Å². The number of carbonyl (C=O) groups is 2. The van der Waals surface area contributed by atoms with Gasteiger partial charge >= 0.3 is 0 Å². The molecule has 158 valence electrons. The lowest BCUT2D eigenvalue weighted by Crippen LogP contribution is -2.40. The SMILES string of the molecule is CC1(C)CC(=O)c2cn(-c3ccc(Cl)cc3)c(=O)c(C(=O)NC[C@@H]3CCCO3)c2C1. The largest absolute Gasteiger partial charge is 0.376 e. The molecule has 2 aliphatic rings. The minimum absolute atomic E-state index is 0.0370. The van der Waals surface area contributed by atoms with Crippen LogP contribution in [-0.4, -0.2) is 35.5 Å². The van der Waals surface area contributed by atoms with Crippen LogP contribution in [0.2, 0.25) is 5.02 Å². The van der Waals surface area contributed by atoms with Crippen molar-refractivity contribution in [3.63, 3.8) is 0 Å². The van der Waals surface area contributed by atoms with Crippen LogP contribution in [0.25, 0.3) is 5.69 Å². The Balaban J connectivity index is 1.81. The predicted octanol–water partition coefficient (Wildman–Crippen LogP) is 3.55. The highest BCUT2D eigenvalue weighted by atomic mass is 35.5. The van der Waals surface area contributed by atoms with Gasteiger partial charge in [-0.15, -0.1) is 0 Å². The molecule has 1 aromatic carbocycles. The highest BCUT2D eigenvalue weighted by molar-refractivity contribution is 6.30. The first kappa shape index (κ1) is 20.8. The number of hydrogen-bond acceptors (Lipinski definition) is 4. The first-order valence-electron chi connectivity index (χ1n) is 10.2. The second-order valence-electron chi connectivity index (χ2n) is 8.83. The highest BCUT2D eigenvalue weighted by Crippen LogP contribution is 2.35. The number of Topliss-reactive ketones (excluding diaryl/α,β-unsaturated/α-hetero) is 1. The van der Waals surface area contributed by atoms with E-state index in [4.69, 9.17) is 16.3 Å². The number of amides is 1. The molecule has 7 heteroatoms. The van der Waals surface area contributed by atoms with Gasteiger partial charge in [0.25, 0.3) is 11.5 Å². The summed E-state index contributed by atoms with van der Waals surface area (Å²) in [4.78, 5) is 39.4. The van der Waals surface area contributed by atoms with E-state index in [0.29, 0.717) is 47.8 Å². The Morgan fingerprint density at radius 3 is 2.63 bits per heavy atom. The van der Waals surface area contributed by atoms with E-state index in [1.807, 2.05) is 13.8 Å². The van der Waals surface area contributed by atoms with Crippen LogP contribution in [0.3, 0.4) is 0 Å². The van der Waals surface area contributed by atoms with E-state index < -0.39 is 11.5 Å². The van der Waals surface area contributed by atoms with Crippen LogP contribution in [0.4, 0.5) is 0 Å². The van der Waals surface area contributed by atoms with Crippen LogP contribution in [-0.2, 0) is 11.2 Å². The molecule has 0 bridgehead atoms. The zero-order chi connectivity index (χ0) is 21.5. The summed E-state index contributed by atoms with van der Waals surface area (Å²) in [6.07, 6.45) is 4.24. The third-order valence-corrected chi connectivity index (χ3v) is 6.01. The van der Waals surface area contributed by atoms with Gasteiger partial charge < -0.3 is 10.1 Å². The van der Waals surface area contributed by atoms with Crippen molar-refractivity contribution in [1.29, 1.82) is 0 Å². The second kappa shape index (κ2) is 8.00. The van der Waals surface area contributed by atoms with Crippen molar-refractivity contribution in [2.24, 2.45) is 5.41 Å². The summed E-state index contributed by atoms with van der Waals surface area (Å²) in [5.41, 5.74) is 0.820. The van der Waals surface area contributed by atoms with Gasteiger partial charge in [0.2, 0.25) is 0 Å². The van der Waals surface area contributed by atoms with E-state index in [1.54, 1.807) is 30.5 Å². The van der Waals surface area contributed by atoms with Crippen LogP contribution in [0, 0.1) is 5.41 Å². The zero-order valence-corrected chi connectivity index (χ0v) is 17.9. The summed E-state index contributed by atoms with van der Waals surface area (Å²) in [7, 11) is 0. The topological polar surface area (TPSA) is 77.4 Å². The number of benzene rings is 1. The van der Waals surface area contributed by atoms with Crippen LogP contribution in [0.1, 0.15) is 59.4 Å². The molecule has 1 atom stereocenters. The maximum atomic E-state index is 13.4. The van der Waals surface area contributed by atoms with Gasteiger partial charge in [0.15, 0.2) is 5.78 Å². The monoisotopic (exact) mass is 428 g/mol. The number of rotatable bonds is 4. The fourth-order valence-corrected chi connectivity index (χ4v) is 4.40. The minimum atomic E-state index is -0.458. The molecule has 4 rings (SSSR count). The Hall–Kier alpha value is -2.44. The molecule has 0 radical (unpaired) electrons. The first-order chi connectivity index (χ1) is 14.2. The number of fused-ring (bicyclic) bond motifs is 1. The molecule has 0 unspecified atom stereocenters. The van der Waals surface area contributed by atoms with E-state index >= 15 is 0 Å². The molecular formula is C23H25ClN2O4. The van der Waals surface area contributed by atoms with Crippen molar-refractivity contribution in [3.8, 4) is 5.69 Å². The van der Waals surface area contributed by atoms with Crippen LogP contribution < -0.4 is 10.9 Å². The predicted molar refractivity (Wildman–Crippen MR) is 115 cm³/mol. The average Bonchev–Trinajstić information content (AvgIpc) is 3.19. The Bertz CT molecular complexity index is 1050. The number of nitrogens with one attached hydrogen (secondary N) is 1. The molecule has 1 saturated heterocycles. The van der Waals surface area contributed by atoms with Crippen LogP contribution in [0.5, 0.6) is 0 Å². The lowest BCUT2D eigenvalue weighted by Gasteiger charge is -2.31. The smallest absolute Gasteiger partial charge is 0.268 e. The number of halogens is 1. The molecule has 1 aliphatic heterocycles. The van der Waals surface area contributed by atoms with Gasteiger partial charge in [-0.2, -0.15) is 0 Å². The molecule has 1 N–H and O–H groups in total. The van der Waals surface area contributed by atoms with E-state index in [2.05, 4.69) is 5.32 Å². The van der Waals surface area contributed by atoms with Crippen molar-refractivity contribution in [2.75, 3.05) is 13.2 Å². The molecular weight excluding hydrogens is 404 g/mol. The van der Waals surface area contributed by atoms with Crippen molar-refractivity contribution in [1.82, 2.24) is 9.88 Å². The first-order valence-corrected chi connectivity index (χ1v) is 10.6. The molecule has 2 heterocycles. The van der Waals surface area contributed by atoms with Gasteiger partial charge in [-0.05, 0) is 54.5 Å². The summed E-state index contributed by atoms with van der Waals surface area (Å²) in [5.74, 6) is -0.516. The summed E-state index contributed by atoms with van der Waals surface area (Å²) in [6.45, 7) is 4.99. The summed E-state index contributed by atoms with van der Waals surface area (Å²) in [5, 5.41) is 3.39. The van der Waals surface area contributed by atoms with E-state index in [0.717, 1.165) is 12.8 Å². The number of pyridine rings is 1. The second-order valence-corrected chi connectivity index (χ2v) is 9.27. The Labute approximate surface area is 180 Å². The van der Waals surface area contributed by atoms with Crippen molar-refractivity contribution in [2.45, 2.75) is 45.6 Å². The number of ketones is 1. The maximum absolute atomic E-state index is 13.4. The number of carbonyl (C=O) groups excluding carboxylic acids is 2.